The Labute approximate surface area is 219 Å². The number of rotatable bonds is 5. The van der Waals surface area contributed by atoms with E-state index in [9.17, 15) is 14.7 Å². The molecule has 1 aromatic carbocycles. The Balaban J connectivity index is 0.00000267. The van der Waals surface area contributed by atoms with E-state index >= 15 is 0 Å². The molecule has 0 bridgehead atoms. The first kappa shape index (κ1) is 24.1. The molecule has 1 atom stereocenters. The molecular weight excluding hydrogens is 523 g/mol. The van der Waals surface area contributed by atoms with Crippen LogP contribution in [0.25, 0.3) is 22.4 Å². The van der Waals surface area contributed by atoms with E-state index in [1.807, 2.05) is 22.1 Å². The zero-order valence-electron chi connectivity index (χ0n) is 18.5. The van der Waals surface area contributed by atoms with Crippen molar-refractivity contribution in [1.82, 2.24) is 24.8 Å². The SMILES string of the molecule is Cl.O=C(O)c1cc(C2=CN=C([C@@H]3CCc4cc(-c5cc(Cl)ccc5-n5cnnn5)cc(=O)n43)C2)cs1. The molecule has 36 heavy (non-hydrogen) atoms. The number of aryl methyl sites for hydroxylation is 1. The molecular formula is C24H18Cl2N6O3S. The van der Waals surface area contributed by atoms with Gasteiger partial charge < -0.3 is 9.67 Å². The third-order valence-corrected chi connectivity index (χ3v) is 7.48. The average Bonchev–Trinajstić information content (AvgIpc) is 3.64. The summed E-state index contributed by atoms with van der Waals surface area (Å²) >= 11 is 7.48. The van der Waals surface area contributed by atoms with Gasteiger partial charge in [0.05, 0.1) is 11.7 Å². The highest BCUT2D eigenvalue weighted by Crippen LogP contribution is 2.36. The molecule has 1 N–H and O–H groups in total. The van der Waals surface area contributed by atoms with Gasteiger partial charge in [-0.3, -0.25) is 9.79 Å². The molecule has 0 fully saturated rings. The lowest BCUT2D eigenvalue weighted by molar-refractivity contribution is 0.0702. The Morgan fingerprint density at radius 3 is 2.78 bits per heavy atom. The van der Waals surface area contributed by atoms with E-state index in [0.717, 1.165) is 52.2 Å². The molecule has 3 aromatic heterocycles. The van der Waals surface area contributed by atoms with E-state index in [0.29, 0.717) is 16.3 Å². The predicted molar refractivity (Wildman–Crippen MR) is 140 cm³/mol. The van der Waals surface area contributed by atoms with E-state index in [1.165, 1.54) is 17.7 Å². The Hall–Kier alpha value is -3.60. The van der Waals surface area contributed by atoms with Crippen LogP contribution in [-0.2, 0) is 6.42 Å². The van der Waals surface area contributed by atoms with Crippen LogP contribution in [0.3, 0.4) is 0 Å². The Bertz CT molecular complexity index is 1610. The molecule has 0 unspecified atom stereocenters. The number of hydrogen-bond acceptors (Lipinski definition) is 7. The molecule has 0 radical (unpaired) electrons. The minimum atomic E-state index is -0.934. The average molecular weight is 541 g/mol. The number of thiophene rings is 1. The van der Waals surface area contributed by atoms with Gasteiger partial charge in [0.1, 0.15) is 11.2 Å². The van der Waals surface area contributed by atoms with Crippen molar-refractivity contribution in [2.24, 2.45) is 4.99 Å². The summed E-state index contributed by atoms with van der Waals surface area (Å²) in [6, 6.07) is 10.6. The summed E-state index contributed by atoms with van der Waals surface area (Å²) in [5, 5.41) is 23.0. The summed E-state index contributed by atoms with van der Waals surface area (Å²) in [5.74, 6) is -0.934. The second-order valence-electron chi connectivity index (χ2n) is 8.37. The second kappa shape index (κ2) is 9.45. The standard InChI is InChI=1S/C24H17ClN6O3S.ClH/c25-16-1-3-20(30-12-27-28-29-30)18(9-16)13-5-17-2-4-21(31(17)23(32)8-13)19-6-14(10-26-19)15-7-22(24(33)34)35-11-15;/h1,3,5,7-12,21H,2,4,6H2,(H,33,34);1H/t21-;/m0./s1. The number of tetrazole rings is 1. The number of aliphatic imine (C=N–C) groups is 1. The largest absolute Gasteiger partial charge is 0.477 e. The number of carboxylic acid groups (broad SMARTS) is 1. The van der Waals surface area contributed by atoms with Gasteiger partial charge in [-0.2, -0.15) is 4.68 Å². The van der Waals surface area contributed by atoms with Gasteiger partial charge in [0, 0.05) is 40.7 Å². The summed E-state index contributed by atoms with van der Waals surface area (Å²) in [5.41, 5.74) is 5.80. The third-order valence-electron chi connectivity index (χ3n) is 6.32. The highest BCUT2D eigenvalue weighted by molar-refractivity contribution is 7.12. The molecule has 2 aliphatic rings. The molecule has 0 spiro atoms. The van der Waals surface area contributed by atoms with Gasteiger partial charge in [0.2, 0.25) is 0 Å². The predicted octanol–water partition coefficient (Wildman–Crippen LogP) is 4.70. The molecule has 0 aliphatic carbocycles. The molecule has 12 heteroatoms. The maximum Gasteiger partial charge on any atom is 0.345 e. The van der Waals surface area contributed by atoms with Crippen LogP contribution >= 0.6 is 35.3 Å². The van der Waals surface area contributed by atoms with Crippen molar-refractivity contribution >= 4 is 52.6 Å². The Morgan fingerprint density at radius 1 is 1.17 bits per heavy atom. The normalized spacial score (nSPS) is 16.3. The topological polar surface area (TPSA) is 115 Å². The molecule has 0 saturated carbocycles. The highest BCUT2D eigenvalue weighted by Gasteiger charge is 2.30. The van der Waals surface area contributed by atoms with E-state index in [4.69, 9.17) is 11.6 Å². The maximum absolute atomic E-state index is 13.3. The summed E-state index contributed by atoms with van der Waals surface area (Å²) < 4.78 is 3.36. The van der Waals surface area contributed by atoms with Crippen molar-refractivity contribution < 1.29 is 9.90 Å². The lowest BCUT2D eigenvalue weighted by atomic mass is 10.0. The van der Waals surface area contributed by atoms with Gasteiger partial charge in [-0.05, 0) is 75.7 Å². The fourth-order valence-electron chi connectivity index (χ4n) is 4.72. The second-order valence-corrected chi connectivity index (χ2v) is 9.72. The lowest BCUT2D eigenvalue weighted by Gasteiger charge is -2.17. The number of nitrogens with zero attached hydrogens (tertiary/aromatic N) is 6. The Kier molecular flexibility index (Phi) is 6.33. The van der Waals surface area contributed by atoms with Crippen molar-refractivity contribution in [3.63, 3.8) is 0 Å². The van der Waals surface area contributed by atoms with Crippen LogP contribution in [-0.4, -0.2) is 41.6 Å². The zero-order valence-corrected chi connectivity index (χ0v) is 20.9. The summed E-state index contributed by atoms with van der Waals surface area (Å²) in [4.78, 5) is 29.5. The number of halogens is 2. The smallest absolute Gasteiger partial charge is 0.345 e. The number of pyridine rings is 1. The number of benzene rings is 1. The molecule has 2 aliphatic heterocycles. The molecule has 4 aromatic rings. The minimum Gasteiger partial charge on any atom is -0.477 e. The first-order valence-electron chi connectivity index (χ1n) is 10.8. The molecule has 9 nitrogen and oxygen atoms in total. The van der Waals surface area contributed by atoms with Crippen LogP contribution in [0.15, 0.2) is 64.1 Å². The number of aromatic carboxylic acids is 1. The third kappa shape index (κ3) is 4.17. The van der Waals surface area contributed by atoms with Gasteiger partial charge in [-0.1, -0.05) is 11.6 Å². The van der Waals surface area contributed by atoms with Crippen molar-refractivity contribution in [3.05, 3.63) is 85.8 Å². The summed E-state index contributed by atoms with van der Waals surface area (Å²) in [6.45, 7) is 0. The van der Waals surface area contributed by atoms with Gasteiger partial charge in [0.15, 0.2) is 0 Å². The highest BCUT2D eigenvalue weighted by atomic mass is 35.5. The van der Waals surface area contributed by atoms with Crippen molar-refractivity contribution in [1.29, 1.82) is 0 Å². The van der Waals surface area contributed by atoms with Gasteiger partial charge >= 0.3 is 5.97 Å². The van der Waals surface area contributed by atoms with Crippen LogP contribution in [0.4, 0.5) is 0 Å². The number of hydrogen-bond donors (Lipinski definition) is 1. The minimum absolute atomic E-state index is 0. The number of allylic oxidation sites excluding steroid dienone is 1. The molecule has 0 amide bonds. The van der Waals surface area contributed by atoms with Crippen LogP contribution in [0.5, 0.6) is 0 Å². The zero-order chi connectivity index (χ0) is 24.1. The number of aromatic nitrogens is 5. The van der Waals surface area contributed by atoms with Crippen molar-refractivity contribution in [2.45, 2.75) is 25.3 Å². The van der Waals surface area contributed by atoms with Crippen LogP contribution in [0.2, 0.25) is 5.02 Å². The monoisotopic (exact) mass is 540 g/mol. The van der Waals surface area contributed by atoms with E-state index in [2.05, 4.69) is 20.5 Å². The van der Waals surface area contributed by atoms with Gasteiger partial charge in [0.25, 0.3) is 5.56 Å². The van der Waals surface area contributed by atoms with Crippen LogP contribution < -0.4 is 5.56 Å². The number of fused-ring (bicyclic) bond motifs is 1. The molecule has 182 valence electrons. The van der Waals surface area contributed by atoms with Crippen molar-refractivity contribution in [2.75, 3.05) is 0 Å². The van der Waals surface area contributed by atoms with Crippen LogP contribution in [0, 0.1) is 0 Å². The summed E-state index contributed by atoms with van der Waals surface area (Å²) in [7, 11) is 0. The quantitative estimate of drug-likeness (QED) is 0.392. The van der Waals surface area contributed by atoms with Crippen molar-refractivity contribution in [3.8, 4) is 16.8 Å². The van der Waals surface area contributed by atoms with E-state index < -0.39 is 5.97 Å². The summed E-state index contributed by atoms with van der Waals surface area (Å²) in [6.07, 6.45) is 5.39. The molecule has 0 saturated heterocycles. The Morgan fingerprint density at radius 2 is 2.03 bits per heavy atom. The first-order valence-corrected chi connectivity index (χ1v) is 12.1. The van der Waals surface area contributed by atoms with E-state index in [1.54, 1.807) is 35.1 Å². The number of carbonyl (C=O) groups is 1. The first-order chi connectivity index (χ1) is 17.0. The lowest BCUT2D eigenvalue weighted by Crippen LogP contribution is -2.27. The maximum atomic E-state index is 13.3. The molecule has 6 rings (SSSR count). The van der Waals surface area contributed by atoms with Gasteiger partial charge in [-0.15, -0.1) is 28.8 Å². The fraction of sp³-hybridized carbons (Fsp3) is 0.167. The van der Waals surface area contributed by atoms with Crippen LogP contribution in [0.1, 0.15) is 39.8 Å². The molecule has 5 heterocycles. The van der Waals surface area contributed by atoms with E-state index in [-0.39, 0.29) is 24.0 Å². The number of carboxylic acids is 1. The fourth-order valence-corrected chi connectivity index (χ4v) is 5.66. The van der Waals surface area contributed by atoms with Gasteiger partial charge in [-0.25, -0.2) is 4.79 Å².